The Kier molecular flexibility index (Phi) is 4.77. The molecule has 2 aliphatic carbocycles. The van der Waals surface area contributed by atoms with Gasteiger partial charge in [0.2, 0.25) is 0 Å². The van der Waals surface area contributed by atoms with Gasteiger partial charge in [-0.25, -0.2) is 0 Å². The number of allylic oxidation sites excluding steroid dienone is 8. The summed E-state index contributed by atoms with van der Waals surface area (Å²) in [5.74, 6) is 1.37. The van der Waals surface area contributed by atoms with Crippen LogP contribution in [0.3, 0.4) is 0 Å². The summed E-state index contributed by atoms with van der Waals surface area (Å²) in [5, 5.41) is 10.6. The van der Waals surface area contributed by atoms with Crippen LogP contribution in [0.5, 0.6) is 5.75 Å². The zero-order valence-electron chi connectivity index (χ0n) is 15.9. The van der Waals surface area contributed by atoms with E-state index in [9.17, 15) is 5.11 Å². The fraction of sp³-hybridized carbons (Fsp3) is 0.417. The molecular formula is C24H30O. The number of rotatable bonds is 4. The van der Waals surface area contributed by atoms with E-state index in [0.717, 1.165) is 18.4 Å². The van der Waals surface area contributed by atoms with E-state index in [1.54, 1.807) is 0 Å². The Balaban J connectivity index is 1.93. The lowest BCUT2D eigenvalue weighted by Gasteiger charge is -2.36. The summed E-state index contributed by atoms with van der Waals surface area (Å²) >= 11 is 0. The molecule has 1 heteroatoms. The van der Waals surface area contributed by atoms with Crippen LogP contribution in [0.1, 0.15) is 38.8 Å². The first-order chi connectivity index (χ1) is 11.8. The fourth-order valence-corrected chi connectivity index (χ4v) is 3.98. The second-order valence-electron chi connectivity index (χ2n) is 8.35. The van der Waals surface area contributed by atoms with E-state index < -0.39 is 0 Å². The van der Waals surface area contributed by atoms with Gasteiger partial charge in [-0.2, -0.15) is 0 Å². The Labute approximate surface area is 152 Å². The van der Waals surface area contributed by atoms with Gasteiger partial charge < -0.3 is 5.11 Å². The van der Waals surface area contributed by atoms with Crippen molar-refractivity contribution in [3.05, 3.63) is 77.9 Å². The molecule has 0 aromatic heterocycles. The normalized spacial score (nSPS) is 33.8. The molecule has 1 aromatic carbocycles. The van der Waals surface area contributed by atoms with Gasteiger partial charge in [0.1, 0.15) is 5.75 Å². The smallest absolute Gasteiger partial charge is 0.119 e. The molecule has 1 aromatic rings. The zero-order chi connectivity index (χ0) is 18.1. The maximum atomic E-state index is 10.6. The van der Waals surface area contributed by atoms with Crippen molar-refractivity contribution in [1.29, 1.82) is 0 Å². The molecule has 0 aliphatic heterocycles. The van der Waals surface area contributed by atoms with Gasteiger partial charge in [0.25, 0.3) is 0 Å². The predicted molar refractivity (Wildman–Crippen MR) is 107 cm³/mol. The van der Waals surface area contributed by atoms with Crippen LogP contribution in [-0.4, -0.2) is 5.11 Å². The van der Waals surface area contributed by atoms with Gasteiger partial charge in [-0.3, -0.25) is 0 Å². The highest BCUT2D eigenvalue weighted by molar-refractivity contribution is 5.42. The minimum atomic E-state index is 0.0389. The lowest BCUT2D eigenvalue weighted by atomic mass is 9.68. The van der Waals surface area contributed by atoms with Crippen molar-refractivity contribution in [3.63, 3.8) is 0 Å². The summed E-state index contributed by atoms with van der Waals surface area (Å²) in [7, 11) is 0. The fourth-order valence-electron chi connectivity index (χ4n) is 3.98. The number of hydrogen-bond acceptors (Lipinski definition) is 1. The molecule has 132 valence electrons. The van der Waals surface area contributed by atoms with Crippen molar-refractivity contribution in [3.8, 4) is 5.75 Å². The molecule has 4 atom stereocenters. The van der Waals surface area contributed by atoms with Crippen molar-refractivity contribution >= 4 is 0 Å². The predicted octanol–water partition coefficient (Wildman–Crippen LogP) is 6.01. The maximum absolute atomic E-state index is 10.6. The van der Waals surface area contributed by atoms with E-state index in [-0.39, 0.29) is 10.8 Å². The summed E-state index contributed by atoms with van der Waals surface area (Å²) < 4.78 is 0. The van der Waals surface area contributed by atoms with Crippen LogP contribution in [-0.2, 0) is 12.8 Å². The second kappa shape index (κ2) is 6.71. The molecule has 4 unspecified atom stereocenters. The molecule has 0 radical (unpaired) electrons. The monoisotopic (exact) mass is 334 g/mol. The molecule has 0 heterocycles. The van der Waals surface area contributed by atoms with Crippen LogP contribution in [0.2, 0.25) is 0 Å². The number of phenolic OH excluding ortho intramolecular Hbond substituents is 1. The summed E-state index contributed by atoms with van der Waals surface area (Å²) in [4.78, 5) is 0. The van der Waals surface area contributed by atoms with Crippen LogP contribution < -0.4 is 0 Å². The summed E-state index contributed by atoms with van der Waals surface area (Å²) in [6.07, 6.45) is 19.5. The van der Waals surface area contributed by atoms with E-state index in [1.165, 1.54) is 5.56 Å². The molecule has 1 N–H and O–H groups in total. The van der Waals surface area contributed by atoms with Crippen molar-refractivity contribution in [2.24, 2.45) is 22.7 Å². The van der Waals surface area contributed by atoms with Crippen molar-refractivity contribution < 1.29 is 5.11 Å². The minimum absolute atomic E-state index is 0.0389. The number of hydrogen-bond donors (Lipinski definition) is 1. The van der Waals surface area contributed by atoms with Gasteiger partial charge >= 0.3 is 0 Å². The standard InChI is InChI=1S/C24H30O/c1-18-10-5-7-14-23(18,3)16-20-12-9-13-22(25)21(20)17-24(4)15-8-6-11-19(24)2/h5-15,18-19,25H,16-17H2,1-4H3. The van der Waals surface area contributed by atoms with Crippen molar-refractivity contribution in [2.45, 2.75) is 40.5 Å². The Morgan fingerprint density at radius 2 is 1.40 bits per heavy atom. The Bertz CT molecular complexity index is 751. The highest BCUT2D eigenvalue weighted by Crippen LogP contribution is 2.42. The average molecular weight is 335 g/mol. The first kappa shape index (κ1) is 17.8. The molecule has 1 nitrogen and oxygen atoms in total. The van der Waals surface area contributed by atoms with E-state index in [4.69, 9.17) is 0 Å². The maximum Gasteiger partial charge on any atom is 0.119 e. The third-order valence-corrected chi connectivity index (χ3v) is 6.43. The molecule has 25 heavy (non-hydrogen) atoms. The van der Waals surface area contributed by atoms with Crippen molar-refractivity contribution in [2.75, 3.05) is 0 Å². The third kappa shape index (κ3) is 3.51. The highest BCUT2D eigenvalue weighted by Gasteiger charge is 2.33. The lowest BCUT2D eigenvalue weighted by molar-refractivity contribution is 0.305. The molecule has 0 bridgehead atoms. The molecule has 0 spiro atoms. The number of benzene rings is 1. The van der Waals surface area contributed by atoms with Crippen LogP contribution in [0.15, 0.2) is 66.8 Å². The molecule has 0 fully saturated rings. The molecule has 2 aliphatic rings. The second-order valence-corrected chi connectivity index (χ2v) is 8.35. The number of aromatic hydroxyl groups is 1. The van der Waals surface area contributed by atoms with Crippen LogP contribution >= 0.6 is 0 Å². The first-order valence-electron chi connectivity index (χ1n) is 9.36. The van der Waals surface area contributed by atoms with Gasteiger partial charge in [0.15, 0.2) is 0 Å². The summed E-state index contributed by atoms with van der Waals surface area (Å²) in [6.45, 7) is 9.15. The highest BCUT2D eigenvalue weighted by atomic mass is 16.3. The van der Waals surface area contributed by atoms with Crippen LogP contribution in [0, 0.1) is 22.7 Å². The Morgan fingerprint density at radius 3 is 1.96 bits per heavy atom. The van der Waals surface area contributed by atoms with Gasteiger partial charge in [-0.15, -0.1) is 0 Å². The quantitative estimate of drug-likeness (QED) is 0.714. The van der Waals surface area contributed by atoms with Gasteiger partial charge in [0, 0.05) is 0 Å². The van der Waals surface area contributed by atoms with Crippen LogP contribution in [0.4, 0.5) is 0 Å². The molecule has 0 saturated carbocycles. The number of phenols is 1. The van der Waals surface area contributed by atoms with Gasteiger partial charge in [0.05, 0.1) is 0 Å². The van der Waals surface area contributed by atoms with E-state index in [2.05, 4.69) is 82.4 Å². The van der Waals surface area contributed by atoms with Crippen LogP contribution in [0.25, 0.3) is 0 Å². The van der Waals surface area contributed by atoms with Crippen molar-refractivity contribution in [1.82, 2.24) is 0 Å². The first-order valence-corrected chi connectivity index (χ1v) is 9.36. The molecule has 0 amide bonds. The molecule has 0 saturated heterocycles. The average Bonchev–Trinajstić information content (AvgIpc) is 2.57. The molecule has 3 rings (SSSR count). The topological polar surface area (TPSA) is 20.2 Å². The van der Waals surface area contributed by atoms with E-state index >= 15 is 0 Å². The van der Waals surface area contributed by atoms with E-state index in [1.807, 2.05) is 12.1 Å². The van der Waals surface area contributed by atoms with Gasteiger partial charge in [-0.05, 0) is 52.7 Å². The molecular weight excluding hydrogens is 304 g/mol. The van der Waals surface area contributed by atoms with E-state index in [0.29, 0.717) is 17.6 Å². The largest absolute Gasteiger partial charge is 0.508 e. The third-order valence-electron chi connectivity index (χ3n) is 6.43. The zero-order valence-corrected chi connectivity index (χ0v) is 15.9. The lowest BCUT2D eigenvalue weighted by Crippen LogP contribution is -2.29. The Hall–Kier alpha value is -2.02. The van der Waals surface area contributed by atoms with Gasteiger partial charge in [-0.1, -0.05) is 88.4 Å². The summed E-state index contributed by atoms with van der Waals surface area (Å²) in [5.41, 5.74) is 2.50. The minimum Gasteiger partial charge on any atom is -0.508 e. The Morgan fingerprint density at radius 1 is 0.840 bits per heavy atom. The SMILES string of the molecule is CC1C=CC=CC1(C)Cc1cccc(O)c1CC1(C)C=CC=CC1C. The summed E-state index contributed by atoms with van der Waals surface area (Å²) in [6, 6.07) is 6.00.